The van der Waals surface area contributed by atoms with Crippen LogP contribution in [0.4, 0.5) is 26.3 Å². The Balaban J connectivity index is 3.74. The Bertz CT molecular complexity index is 456. The Kier molecular flexibility index (Phi) is 3.20. The standard InChI is InChI=1S/C9H5F6NO2/c10-8(11,12)4-1-3(17)2-5(9(13,14)15)6(4)7(16)18/h1-2,17H,(H2,16,18). The smallest absolute Gasteiger partial charge is 0.417 e. The van der Waals surface area contributed by atoms with Crippen molar-refractivity contribution >= 4 is 5.91 Å². The van der Waals surface area contributed by atoms with Crippen LogP contribution in [0, 0.1) is 0 Å². The van der Waals surface area contributed by atoms with Gasteiger partial charge in [-0.2, -0.15) is 26.3 Å². The first-order chi connectivity index (χ1) is 7.94. The maximum Gasteiger partial charge on any atom is 0.417 e. The molecule has 0 aliphatic rings. The van der Waals surface area contributed by atoms with Crippen LogP contribution in [0.25, 0.3) is 0 Å². The first-order valence-corrected chi connectivity index (χ1v) is 4.26. The quantitative estimate of drug-likeness (QED) is 0.772. The van der Waals surface area contributed by atoms with Crippen molar-refractivity contribution in [2.24, 2.45) is 5.73 Å². The summed E-state index contributed by atoms with van der Waals surface area (Å²) < 4.78 is 74.8. The molecule has 0 unspecified atom stereocenters. The molecule has 1 rings (SSSR count). The molecule has 1 aromatic rings. The number of hydrogen-bond donors (Lipinski definition) is 2. The van der Waals surface area contributed by atoms with Gasteiger partial charge in [-0.3, -0.25) is 4.79 Å². The number of carbonyl (C=O) groups is 1. The molecule has 0 aromatic heterocycles. The molecule has 0 bridgehead atoms. The Hall–Kier alpha value is -1.93. The van der Waals surface area contributed by atoms with Gasteiger partial charge in [-0.25, -0.2) is 0 Å². The minimum absolute atomic E-state index is 0.00926. The molecule has 0 atom stereocenters. The average molecular weight is 273 g/mol. The van der Waals surface area contributed by atoms with Gasteiger partial charge < -0.3 is 10.8 Å². The van der Waals surface area contributed by atoms with Crippen LogP contribution in [0.3, 0.4) is 0 Å². The van der Waals surface area contributed by atoms with Crippen LogP contribution in [0.2, 0.25) is 0 Å². The highest BCUT2D eigenvalue weighted by Crippen LogP contribution is 2.41. The van der Waals surface area contributed by atoms with E-state index in [1.165, 1.54) is 0 Å². The summed E-state index contributed by atoms with van der Waals surface area (Å²) >= 11 is 0. The number of phenolic OH excluding ortho intramolecular Hbond substituents is 1. The third-order valence-electron chi connectivity index (χ3n) is 1.98. The third-order valence-corrected chi connectivity index (χ3v) is 1.98. The molecule has 0 aliphatic carbocycles. The maximum absolute atomic E-state index is 12.5. The van der Waals surface area contributed by atoms with Crippen LogP contribution < -0.4 is 5.73 Å². The summed E-state index contributed by atoms with van der Waals surface area (Å²) in [6.07, 6.45) is -10.5. The summed E-state index contributed by atoms with van der Waals surface area (Å²) in [5.41, 5.74) is -1.03. The fourth-order valence-electron chi connectivity index (χ4n) is 1.34. The lowest BCUT2D eigenvalue weighted by Crippen LogP contribution is -2.24. The van der Waals surface area contributed by atoms with Crippen molar-refractivity contribution in [3.8, 4) is 5.75 Å². The highest BCUT2D eigenvalue weighted by Gasteiger charge is 2.43. The van der Waals surface area contributed by atoms with Gasteiger partial charge in [0.1, 0.15) is 5.75 Å². The number of benzene rings is 1. The van der Waals surface area contributed by atoms with Gasteiger partial charge in [-0.1, -0.05) is 0 Å². The molecule has 0 radical (unpaired) electrons. The van der Waals surface area contributed by atoms with Crippen molar-refractivity contribution in [2.75, 3.05) is 0 Å². The third kappa shape index (κ3) is 2.66. The van der Waals surface area contributed by atoms with Crippen molar-refractivity contribution < 1.29 is 36.2 Å². The molecule has 0 saturated heterocycles. The van der Waals surface area contributed by atoms with Crippen LogP contribution >= 0.6 is 0 Å². The van der Waals surface area contributed by atoms with Crippen molar-refractivity contribution in [1.29, 1.82) is 0 Å². The van der Waals surface area contributed by atoms with Gasteiger partial charge in [0.2, 0.25) is 5.91 Å². The van der Waals surface area contributed by atoms with E-state index in [1.54, 1.807) is 0 Å². The molecule has 1 aromatic carbocycles. The zero-order valence-electron chi connectivity index (χ0n) is 8.36. The number of carbonyl (C=O) groups excluding carboxylic acids is 1. The number of primary amides is 1. The second kappa shape index (κ2) is 4.07. The SMILES string of the molecule is NC(=O)c1c(C(F)(F)F)cc(O)cc1C(F)(F)F. The number of alkyl halides is 6. The van der Waals surface area contributed by atoms with E-state index < -0.39 is 40.7 Å². The molecule has 9 heteroatoms. The van der Waals surface area contributed by atoms with Crippen LogP contribution in [0.15, 0.2) is 12.1 Å². The first-order valence-electron chi connectivity index (χ1n) is 4.26. The second-order valence-corrected chi connectivity index (χ2v) is 3.28. The molecule has 0 saturated carbocycles. The summed E-state index contributed by atoms with van der Waals surface area (Å²) in [4.78, 5) is 10.8. The molecule has 1 amide bonds. The highest BCUT2D eigenvalue weighted by molar-refractivity contribution is 5.96. The summed E-state index contributed by atoms with van der Waals surface area (Å²) in [6.45, 7) is 0. The van der Waals surface area contributed by atoms with Crippen molar-refractivity contribution in [2.45, 2.75) is 12.4 Å². The molecule has 100 valence electrons. The van der Waals surface area contributed by atoms with E-state index in [0.29, 0.717) is 0 Å². The van der Waals surface area contributed by atoms with Gasteiger partial charge in [0, 0.05) is 0 Å². The lowest BCUT2D eigenvalue weighted by molar-refractivity contribution is -0.143. The average Bonchev–Trinajstić information content (AvgIpc) is 2.12. The van der Waals surface area contributed by atoms with Crippen LogP contribution in [0.5, 0.6) is 5.75 Å². The van der Waals surface area contributed by atoms with E-state index in [1.807, 2.05) is 0 Å². The lowest BCUT2D eigenvalue weighted by atomic mass is 9.99. The summed E-state index contributed by atoms with van der Waals surface area (Å²) in [6, 6.07) is 0.0185. The van der Waals surface area contributed by atoms with Gasteiger partial charge in [0.05, 0.1) is 16.7 Å². The number of amides is 1. The molecule has 0 aliphatic heterocycles. The molecular formula is C9H5F6NO2. The van der Waals surface area contributed by atoms with Crippen LogP contribution in [-0.4, -0.2) is 11.0 Å². The highest BCUT2D eigenvalue weighted by atomic mass is 19.4. The molecule has 0 fully saturated rings. The number of halogens is 6. The Morgan fingerprint density at radius 2 is 1.33 bits per heavy atom. The number of phenols is 1. The molecule has 3 nitrogen and oxygen atoms in total. The Morgan fingerprint density at radius 3 is 1.56 bits per heavy atom. The van der Waals surface area contributed by atoms with E-state index >= 15 is 0 Å². The predicted octanol–water partition coefficient (Wildman–Crippen LogP) is 2.53. The number of rotatable bonds is 1. The monoisotopic (exact) mass is 273 g/mol. The molecule has 3 N–H and O–H groups in total. The predicted molar refractivity (Wildman–Crippen MR) is 46.6 cm³/mol. The molecule has 0 heterocycles. The van der Waals surface area contributed by atoms with Crippen molar-refractivity contribution in [3.05, 3.63) is 28.8 Å². The summed E-state index contributed by atoms with van der Waals surface area (Å²) in [5, 5.41) is 8.87. The van der Waals surface area contributed by atoms with E-state index in [9.17, 15) is 31.1 Å². The van der Waals surface area contributed by atoms with E-state index in [0.717, 1.165) is 0 Å². The topological polar surface area (TPSA) is 63.3 Å². The van der Waals surface area contributed by atoms with Crippen molar-refractivity contribution in [3.63, 3.8) is 0 Å². The zero-order valence-corrected chi connectivity index (χ0v) is 8.36. The normalized spacial score (nSPS) is 12.6. The minimum Gasteiger partial charge on any atom is -0.508 e. The minimum atomic E-state index is -5.25. The van der Waals surface area contributed by atoms with Crippen LogP contribution in [0.1, 0.15) is 21.5 Å². The Labute approximate surface area is 95.8 Å². The van der Waals surface area contributed by atoms with E-state index in [-0.39, 0.29) is 12.1 Å². The number of nitrogens with two attached hydrogens (primary N) is 1. The molecule has 0 spiro atoms. The number of hydrogen-bond acceptors (Lipinski definition) is 2. The second-order valence-electron chi connectivity index (χ2n) is 3.28. The number of aromatic hydroxyl groups is 1. The van der Waals surface area contributed by atoms with E-state index in [2.05, 4.69) is 5.73 Å². The largest absolute Gasteiger partial charge is 0.508 e. The van der Waals surface area contributed by atoms with Gasteiger partial charge in [0.25, 0.3) is 0 Å². The molecule has 18 heavy (non-hydrogen) atoms. The summed E-state index contributed by atoms with van der Waals surface area (Å²) in [7, 11) is 0. The van der Waals surface area contributed by atoms with Crippen LogP contribution in [-0.2, 0) is 12.4 Å². The first kappa shape index (κ1) is 14.1. The molecular weight excluding hydrogens is 268 g/mol. The summed E-state index contributed by atoms with van der Waals surface area (Å²) in [5.74, 6) is -3.14. The van der Waals surface area contributed by atoms with Gasteiger partial charge in [0.15, 0.2) is 0 Å². The fraction of sp³-hybridized carbons (Fsp3) is 0.222. The van der Waals surface area contributed by atoms with Gasteiger partial charge >= 0.3 is 12.4 Å². The van der Waals surface area contributed by atoms with Crippen molar-refractivity contribution in [1.82, 2.24) is 0 Å². The van der Waals surface area contributed by atoms with Gasteiger partial charge in [-0.05, 0) is 12.1 Å². The van der Waals surface area contributed by atoms with E-state index in [4.69, 9.17) is 5.11 Å². The zero-order chi connectivity index (χ0) is 14.3. The fourth-order valence-corrected chi connectivity index (χ4v) is 1.34. The van der Waals surface area contributed by atoms with Gasteiger partial charge in [-0.15, -0.1) is 0 Å². The lowest BCUT2D eigenvalue weighted by Gasteiger charge is -2.17. The maximum atomic E-state index is 12.5. The Morgan fingerprint density at radius 1 is 1.00 bits per heavy atom.